The molecule has 0 fully saturated rings. The van der Waals surface area contributed by atoms with Crippen LogP contribution in [0.4, 0.5) is 13.2 Å². The lowest BCUT2D eigenvalue weighted by Gasteiger charge is -2.23. The van der Waals surface area contributed by atoms with E-state index in [9.17, 15) is 18.0 Å². The molecule has 1 unspecified atom stereocenters. The number of fused-ring (bicyclic) bond motifs is 1. The second-order valence-electron chi connectivity index (χ2n) is 7.30. The second-order valence-corrected chi connectivity index (χ2v) is 7.30. The highest BCUT2D eigenvalue weighted by Gasteiger charge is 2.42. The van der Waals surface area contributed by atoms with E-state index in [1.54, 1.807) is 24.3 Å². The van der Waals surface area contributed by atoms with E-state index in [2.05, 4.69) is 5.32 Å². The summed E-state index contributed by atoms with van der Waals surface area (Å²) in [5, 5.41) is 3.14. The third kappa shape index (κ3) is 4.14. The van der Waals surface area contributed by atoms with Crippen molar-refractivity contribution in [2.24, 2.45) is 0 Å². The zero-order valence-corrected chi connectivity index (χ0v) is 16.7. The lowest BCUT2D eigenvalue weighted by molar-refractivity contribution is -0.138. The fourth-order valence-corrected chi connectivity index (χ4v) is 4.04. The highest BCUT2D eigenvalue weighted by atomic mass is 19.4. The number of rotatable bonds is 6. The van der Waals surface area contributed by atoms with Gasteiger partial charge in [0, 0.05) is 17.7 Å². The van der Waals surface area contributed by atoms with Crippen molar-refractivity contribution in [2.75, 3.05) is 0 Å². The van der Waals surface area contributed by atoms with Gasteiger partial charge in [-0.25, -0.2) is 0 Å². The molecule has 1 atom stereocenters. The van der Waals surface area contributed by atoms with Gasteiger partial charge < -0.3 is 14.8 Å². The van der Waals surface area contributed by atoms with Crippen molar-refractivity contribution in [3.63, 3.8) is 0 Å². The summed E-state index contributed by atoms with van der Waals surface area (Å²) in [7, 11) is 0. The van der Waals surface area contributed by atoms with Gasteiger partial charge in [0.05, 0.1) is 11.6 Å². The Morgan fingerprint density at radius 1 is 1.06 bits per heavy atom. The predicted octanol–water partition coefficient (Wildman–Crippen LogP) is 5.32. The van der Waals surface area contributed by atoms with Crippen LogP contribution in [0.25, 0.3) is 0 Å². The maximum absolute atomic E-state index is 14.1. The molecular weight excluding hydrogens is 407 g/mol. The minimum Gasteiger partial charge on any atom is -0.489 e. The first kappa shape index (κ1) is 20.9. The fraction of sp³-hybridized carbons (Fsp3) is 0.208. The maximum atomic E-state index is 14.1. The van der Waals surface area contributed by atoms with Crippen molar-refractivity contribution in [3.8, 4) is 11.5 Å². The number of para-hydroxylation sites is 1. The van der Waals surface area contributed by atoms with Gasteiger partial charge in [0.2, 0.25) is 0 Å². The van der Waals surface area contributed by atoms with Crippen LogP contribution in [-0.4, -0.2) is 6.47 Å². The molecule has 1 heterocycles. The maximum Gasteiger partial charge on any atom is 0.417 e. The van der Waals surface area contributed by atoms with E-state index in [0.29, 0.717) is 16.9 Å². The van der Waals surface area contributed by atoms with E-state index < -0.39 is 17.8 Å². The average Bonchev–Trinajstić information content (AvgIpc) is 3.17. The van der Waals surface area contributed by atoms with Crippen LogP contribution in [0.2, 0.25) is 0 Å². The van der Waals surface area contributed by atoms with E-state index in [-0.39, 0.29) is 36.5 Å². The van der Waals surface area contributed by atoms with Crippen molar-refractivity contribution in [1.82, 2.24) is 5.32 Å². The number of hydrogen-bond acceptors (Lipinski definition) is 4. The normalized spacial score (nSPS) is 15.4. The summed E-state index contributed by atoms with van der Waals surface area (Å²) in [6.45, 7) is 2.14. The summed E-state index contributed by atoms with van der Waals surface area (Å²) in [6, 6.07) is 16.6. The topological polar surface area (TPSA) is 47.6 Å². The van der Waals surface area contributed by atoms with Gasteiger partial charge in [-0.05, 0) is 35.7 Å². The summed E-state index contributed by atoms with van der Waals surface area (Å²) in [6.07, 6.45) is -4.54. The second kappa shape index (κ2) is 8.43. The van der Waals surface area contributed by atoms with Gasteiger partial charge in [0.15, 0.2) is 0 Å². The molecule has 31 heavy (non-hydrogen) atoms. The van der Waals surface area contributed by atoms with Gasteiger partial charge in [0.1, 0.15) is 18.1 Å². The standard InChI is InChI=1S/C24H20F3NO3/c1-15-11-20(30-13-16-7-3-2-4-8-16)18-12-28-23(21(18)22(15)24(25,26)27)17-9-5-6-10-19(17)31-14-29/h2-11,14,23,28H,12-13H2,1H3. The molecule has 4 nitrogen and oxygen atoms in total. The van der Waals surface area contributed by atoms with E-state index in [0.717, 1.165) is 5.56 Å². The first-order chi connectivity index (χ1) is 14.9. The summed E-state index contributed by atoms with van der Waals surface area (Å²) < 4.78 is 53.2. The third-order valence-electron chi connectivity index (χ3n) is 5.33. The minimum absolute atomic E-state index is 0.0804. The summed E-state index contributed by atoms with van der Waals surface area (Å²) in [5.41, 5.74) is 1.33. The van der Waals surface area contributed by atoms with Crippen LogP contribution >= 0.6 is 0 Å². The smallest absolute Gasteiger partial charge is 0.417 e. The summed E-state index contributed by atoms with van der Waals surface area (Å²) in [5.74, 6) is 0.623. The van der Waals surface area contributed by atoms with E-state index >= 15 is 0 Å². The first-order valence-electron chi connectivity index (χ1n) is 9.73. The molecule has 7 heteroatoms. The predicted molar refractivity (Wildman–Crippen MR) is 109 cm³/mol. The van der Waals surface area contributed by atoms with Crippen LogP contribution in [0.5, 0.6) is 11.5 Å². The van der Waals surface area contributed by atoms with Crippen LogP contribution in [0, 0.1) is 6.92 Å². The molecule has 160 valence electrons. The number of carbonyl (C=O) groups is 1. The Bertz CT molecular complexity index is 1100. The van der Waals surface area contributed by atoms with E-state index in [4.69, 9.17) is 9.47 Å². The Morgan fingerprint density at radius 2 is 1.77 bits per heavy atom. The Labute approximate surface area is 177 Å². The molecule has 3 aromatic carbocycles. The molecule has 0 aromatic heterocycles. The van der Waals surface area contributed by atoms with Crippen LogP contribution < -0.4 is 14.8 Å². The highest BCUT2D eigenvalue weighted by Crippen LogP contribution is 2.47. The fourth-order valence-electron chi connectivity index (χ4n) is 4.04. The average molecular weight is 427 g/mol. The van der Waals surface area contributed by atoms with E-state index in [1.807, 2.05) is 30.3 Å². The molecule has 1 aliphatic heterocycles. The van der Waals surface area contributed by atoms with Crippen molar-refractivity contribution in [3.05, 3.63) is 94.0 Å². The molecule has 3 aromatic rings. The molecule has 4 rings (SSSR count). The molecule has 0 amide bonds. The van der Waals surface area contributed by atoms with Gasteiger partial charge in [-0.15, -0.1) is 0 Å². The largest absolute Gasteiger partial charge is 0.489 e. The number of benzene rings is 3. The molecule has 0 saturated heterocycles. The number of hydrogen-bond donors (Lipinski definition) is 1. The Hall–Kier alpha value is -3.32. The molecule has 0 saturated carbocycles. The number of carbonyl (C=O) groups excluding carboxylic acids is 1. The Morgan fingerprint density at radius 3 is 2.48 bits per heavy atom. The van der Waals surface area contributed by atoms with Crippen LogP contribution in [-0.2, 0) is 24.1 Å². The lowest BCUT2D eigenvalue weighted by atomic mass is 9.89. The van der Waals surface area contributed by atoms with Crippen molar-refractivity contribution >= 4 is 6.47 Å². The number of alkyl halides is 3. The van der Waals surface area contributed by atoms with Crippen molar-refractivity contribution in [2.45, 2.75) is 32.3 Å². The Balaban J connectivity index is 1.82. The van der Waals surface area contributed by atoms with E-state index in [1.165, 1.54) is 13.0 Å². The molecule has 1 N–H and O–H groups in total. The zero-order chi connectivity index (χ0) is 22.0. The van der Waals surface area contributed by atoms with Gasteiger partial charge >= 0.3 is 6.18 Å². The molecule has 0 radical (unpaired) electrons. The van der Waals surface area contributed by atoms with Crippen LogP contribution in [0.1, 0.15) is 39.4 Å². The molecule has 0 spiro atoms. The number of ether oxygens (including phenoxy) is 2. The number of halogens is 3. The Kier molecular flexibility index (Phi) is 5.69. The SMILES string of the molecule is Cc1cc(OCc2ccccc2)c2c(c1C(F)(F)F)C(c1ccccc1OC=O)NC2. The molecule has 0 aliphatic carbocycles. The van der Waals surface area contributed by atoms with Gasteiger partial charge in [-0.1, -0.05) is 48.5 Å². The minimum atomic E-state index is -4.54. The van der Waals surface area contributed by atoms with Gasteiger partial charge in [-0.2, -0.15) is 13.2 Å². The summed E-state index contributed by atoms with van der Waals surface area (Å²) in [4.78, 5) is 10.9. The molecule has 1 aliphatic rings. The first-order valence-corrected chi connectivity index (χ1v) is 9.73. The lowest BCUT2D eigenvalue weighted by Crippen LogP contribution is -2.19. The zero-order valence-electron chi connectivity index (χ0n) is 16.7. The monoisotopic (exact) mass is 427 g/mol. The summed E-state index contributed by atoms with van der Waals surface area (Å²) >= 11 is 0. The van der Waals surface area contributed by atoms with Crippen LogP contribution in [0.3, 0.4) is 0 Å². The van der Waals surface area contributed by atoms with Crippen molar-refractivity contribution < 1.29 is 27.4 Å². The molecular formula is C24H20F3NO3. The molecule has 0 bridgehead atoms. The third-order valence-corrected chi connectivity index (χ3v) is 5.33. The van der Waals surface area contributed by atoms with Gasteiger partial charge in [-0.3, -0.25) is 4.79 Å². The quantitative estimate of drug-likeness (QED) is 0.541. The highest BCUT2D eigenvalue weighted by molar-refractivity contribution is 5.59. The number of aryl methyl sites for hydroxylation is 1. The van der Waals surface area contributed by atoms with Crippen LogP contribution in [0.15, 0.2) is 60.7 Å². The number of nitrogens with one attached hydrogen (secondary N) is 1. The van der Waals surface area contributed by atoms with Gasteiger partial charge in [0.25, 0.3) is 6.47 Å². The van der Waals surface area contributed by atoms with Crippen molar-refractivity contribution in [1.29, 1.82) is 0 Å².